The van der Waals surface area contributed by atoms with Crippen LogP contribution in [0.3, 0.4) is 0 Å². The van der Waals surface area contributed by atoms with Crippen molar-refractivity contribution in [2.75, 3.05) is 10.5 Å². The van der Waals surface area contributed by atoms with Crippen LogP contribution >= 0.6 is 11.6 Å². The molecule has 18 heavy (non-hydrogen) atoms. The van der Waals surface area contributed by atoms with E-state index in [0.717, 1.165) is 0 Å². The van der Waals surface area contributed by atoms with Gasteiger partial charge in [0.2, 0.25) is 10.0 Å². The highest BCUT2D eigenvalue weighted by Gasteiger charge is 2.24. The van der Waals surface area contributed by atoms with Crippen molar-refractivity contribution in [2.24, 2.45) is 0 Å². The van der Waals surface area contributed by atoms with Gasteiger partial charge in [0.25, 0.3) is 0 Å². The van der Waals surface area contributed by atoms with Gasteiger partial charge in [0.15, 0.2) is 5.25 Å². The van der Waals surface area contributed by atoms with Crippen LogP contribution in [-0.4, -0.2) is 13.7 Å². The molecule has 1 atom stereocenters. The predicted octanol–water partition coefficient (Wildman–Crippen LogP) is 2.27. The Labute approximate surface area is 112 Å². The standard InChI is InChI=1S/C11H14ClN3O2S/c1-3-8(6-13)18(16,17)15-11-5-9(12)10(14)4-7(11)2/h4-5,8,15H,3,14H2,1-2H3. The molecule has 5 nitrogen and oxygen atoms in total. The molecule has 0 aliphatic rings. The number of nitrogen functional groups attached to an aromatic ring is 1. The summed E-state index contributed by atoms with van der Waals surface area (Å²) in [5, 5.41) is 7.97. The Morgan fingerprint density at radius 2 is 2.17 bits per heavy atom. The number of anilines is 2. The molecule has 0 fully saturated rings. The van der Waals surface area contributed by atoms with Gasteiger partial charge in [-0.2, -0.15) is 5.26 Å². The minimum absolute atomic E-state index is 0.216. The first-order valence-corrected chi connectivity index (χ1v) is 7.21. The summed E-state index contributed by atoms with van der Waals surface area (Å²) in [7, 11) is -3.74. The van der Waals surface area contributed by atoms with E-state index in [1.807, 2.05) is 0 Å². The molecule has 1 aromatic carbocycles. The van der Waals surface area contributed by atoms with Gasteiger partial charge in [0.1, 0.15) is 0 Å². The Balaban J connectivity index is 3.13. The molecule has 0 aliphatic heterocycles. The molecule has 7 heteroatoms. The highest BCUT2D eigenvalue weighted by molar-refractivity contribution is 7.93. The van der Waals surface area contributed by atoms with E-state index in [0.29, 0.717) is 16.9 Å². The van der Waals surface area contributed by atoms with Crippen LogP contribution in [-0.2, 0) is 10.0 Å². The van der Waals surface area contributed by atoms with E-state index < -0.39 is 15.3 Å². The Morgan fingerprint density at radius 1 is 1.56 bits per heavy atom. The van der Waals surface area contributed by atoms with Crippen molar-refractivity contribution in [3.63, 3.8) is 0 Å². The normalized spacial score (nSPS) is 12.8. The second kappa shape index (κ2) is 5.46. The third kappa shape index (κ3) is 3.06. The van der Waals surface area contributed by atoms with Gasteiger partial charge in [-0.05, 0) is 31.0 Å². The number of hydrogen-bond donors (Lipinski definition) is 2. The van der Waals surface area contributed by atoms with E-state index in [1.165, 1.54) is 6.07 Å². The second-order valence-corrected chi connectivity index (χ2v) is 6.13. The summed E-state index contributed by atoms with van der Waals surface area (Å²) in [5.74, 6) is 0. The average Bonchev–Trinajstić information content (AvgIpc) is 2.26. The lowest BCUT2D eigenvalue weighted by Gasteiger charge is -2.14. The lowest BCUT2D eigenvalue weighted by Crippen LogP contribution is -2.26. The van der Waals surface area contributed by atoms with Crippen molar-refractivity contribution >= 4 is 33.0 Å². The second-order valence-electron chi connectivity index (χ2n) is 3.86. The predicted molar refractivity (Wildman–Crippen MR) is 72.8 cm³/mol. The van der Waals surface area contributed by atoms with E-state index in [4.69, 9.17) is 22.6 Å². The zero-order valence-electron chi connectivity index (χ0n) is 10.1. The van der Waals surface area contributed by atoms with Gasteiger partial charge in [0, 0.05) is 0 Å². The first kappa shape index (κ1) is 14.6. The van der Waals surface area contributed by atoms with Crippen molar-refractivity contribution in [1.29, 1.82) is 5.26 Å². The van der Waals surface area contributed by atoms with Crippen LogP contribution in [0.25, 0.3) is 0 Å². The van der Waals surface area contributed by atoms with Crippen LogP contribution in [0, 0.1) is 18.3 Å². The average molecular weight is 288 g/mol. The summed E-state index contributed by atoms with van der Waals surface area (Å²) < 4.78 is 26.2. The topological polar surface area (TPSA) is 96.0 Å². The first-order valence-electron chi connectivity index (χ1n) is 5.28. The SMILES string of the molecule is CCC(C#N)S(=O)(=O)Nc1cc(Cl)c(N)cc1C. The maximum absolute atomic E-state index is 11.9. The molecule has 0 aromatic heterocycles. The lowest BCUT2D eigenvalue weighted by molar-refractivity contribution is 0.593. The van der Waals surface area contributed by atoms with Gasteiger partial charge in [-0.3, -0.25) is 4.72 Å². The number of aryl methyl sites for hydroxylation is 1. The molecule has 1 unspecified atom stereocenters. The van der Waals surface area contributed by atoms with E-state index in [9.17, 15) is 8.42 Å². The zero-order valence-corrected chi connectivity index (χ0v) is 11.6. The van der Waals surface area contributed by atoms with Gasteiger partial charge < -0.3 is 5.73 Å². The van der Waals surface area contributed by atoms with Gasteiger partial charge in [-0.15, -0.1) is 0 Å². The van der Waals surface area contributed by atoms with Gasteiger partial charge >= 0.3 is 0 Å². The van der Waals surface area contributed by atoms with Crippen LogP contribution in [0.1, 0.15) is 18.9 Å². The highest BCUT2D eigenvalue weighted by Crippen LogP contribution is 2.27. The number of nitriles is 1. The van der Waals surface area contributed by atoms with E-state index in [-0.39, 0.29) is 11.4 Å². The van der Waals surface area contributed by atoms with E-state index >= 15 is 0 Å². The third-order valence-corrected chi connectivity index (χ3v) is 4.50. The largest absolute Gasteiger partial charge is 0.398 e. The summed E-state index contributed by atoms with van der Waals surface area (Å²) >= 11 is 5.84. The van der Waals surface area contributed by atoms with Crippen LogP contribution in [0.5, 0.6) is 0 Å². The molecular weight excluding hydrogens is 274 g/mol. The molecule has 98 valence electrons. The van der Waals surface area contributed by atoms with Crippen LogP contribution in [0.4, 0.5) is 11.4 Å². The van der Waals surface area contributed by atoms with Crippen molar-refractivity contribution in [3.8, 4) is 6.07 Å². The monoisotopic (exact) mass is 287 g/mol. The summed E-state index contributed by atoms with van der Waals surface area (Å²) in [4.78, 5) is 0. The van der Waals surface area contributed by atoms with Crippen LogP contribution < -0.4 is 10.5 Å². The summed E-state index contributed by atoms with van der Waals surface area (Å²) in [6.45, 7) is 3.34. The van der Waals surface area contributed by atoms with Crippen molar-refractivity contribution < 1.29 is 8.42 Å². The molecule has 0 heterocycles. The molecule has 0 amide bonds. The number of nitrogens with zero attached hydrogens (tertiary/aromatic N) is 1. The van der Waals surface area contributed by atoms with Gasteiger partial charge in [-0.1, -0.05) is 18.5 Å². The Kier molecular flexibility index (Phi) is 4.43. The quantitative estimate of drug-likeness (QED) is 0.830. The number of sulfonamides is 1. The number of halogens is 1. The lowest BCUT2D eigenvalue weighted by atomic mass is 10.2. The molecular formula is C11H14ClN3O2S. The number of nitrogens with two attached hydrogens (primary N) is 1. The number of nitrogens with one attached hydrogen (secondary N) is 1. The molecule has 0 aliphatic carbocycles. The smallest absolute Gasteiger partial charge is 0.249 e. The van der Waals surface area contributed by atoms with Crippen molar-refractivity contribution in [3.05, 3.63) is 22.7 Å². The molecule has 0 saturated heterocycles. The molecule has 1 aromatic rings. The minimum Gasteiger partial charge on any atom is -0.398 e. The van der Waals surface area contributed by atoms with Crippen LogP contribution in [0.2, 0.25) is 5.02 Å². The summed E-state index contributed by atoms with van der Waals surface area (Å²) in [6, 6.07) is 4.76. The van der Waals surface area contributed by atoms with E-state index in [1.54, 1.807) is 26.0 Å². The van der Waals surface area contributed by atoms with Gasteiger partial charge in [0.05, 0.1) is 22.5 Å². The third-order valence-electron chi connectivity index (χ3n) is 2.49. The van der Waals surface area contributed by atoms with E-state index in [2.05, 4.69) is 4.72 Å². The number of benzene rings is 1. The highest BCUT2D eigenvalue weighted by atomic mass is 35.5. The van der Waals surface area contributed by atoms with Gasteiger partial charge in [-0.25, -0.2) is 8.42 Å². The maximum atomic E-state index is 11.9. The molecule has 0 spiro atoms. The fourth-order valence-electron chi connectivity index (χ4n) is 1.42. The zero-order chi connectivity index (χ0) is 13.9. The van der Waals surface area contributed by atoms with Crippen LogP contribution in [0.15, 0.2) is 12.1 Å². The fraction of sp³-hybridized carbons (Fsp3) is 0.364. The molecule has 0 radical (unpaired) electrons. The fourth-order valence-corrected chi connectivity index (χ4v) is 2.83. The Bertz CT molecular complexity index is 593. The Hall–Kier alpha value is -1.45. The number of hydrogen-bond acceptors (Lipinski definition) is 4. The molecule has 0 saturated carbocycles. The minimum atomic E-state index is -3.74. The van der Waals surface area contributed by atoms with Crippen molar-refractivity contribution in [1.82, 2.24) is 0 Å². The molecule has 1 rings (SSSR count). The summed E-state index contributed by atoms with van der Waals surface area (Å²) in [5.41, 5.74) is 6.97. The number of rotatable bonds is 4. The first-order chi connectivity index (χ1) is 8.31. The Morgan fingerprint density at radius 3 is 2.67 bits per heavy atom. The maximum Gasteiger partial charge on any atom is 0.249 e. The van der Waals surface area contributed by atoms with Crippen molar-refractivity contribution in [2.45, 2.75) is 25.5 Å². The summed E-state index contributed by atoms with van der Waals surface area (Å²) in [6.07, 6.45) is 0.216. The molecule has 0 bridgehead atoms. The molecule has 3 N–H and O–H groups in total.